The molecule has 0 saturated heterocycles. The number of nitrogens with one attached hydrogen (secondary N) is 1. The van der Waals surface area contributed by atoms with E-state index in [4.69, 9.17) is 16.3 Å². The molecule has 6 nitrogen and oxygen atoms in total. The zero-order chi connectivity index (χ0) is 15.4. The fourth-order valence-electron chi connectivity index (χ4n) is 2.05. The van der Waals surface area contributed by atoms with Crippen LogP contribution in [0.25, 0.3) is 5.69 Å². The quantitative estimate of drug-likeness (QED) is 0.784. The minimum absolute atomic E-state index is 0.271. The molecule has 112 valence electrons. The number of benzene rings is 1. The summed E-state index contributed by atoms with van der Waals surface area (Å²) in [6.07, 6.45) is 5.16. The molecular weight excluding hydrogens is 302 g/mol. The van der Waals surface area contributed by atoms with Crippen LogP contribution >= 0.6 is 11.6 Å². The van der Waals surface area contributed by atoms with Gasteiger partial charge in [-0.05, 0) is 17.7 Å². The third kappa shape index (κ3) is 3.01. The van der Waals surface area contributed by atoms with Gasteiger partial charge in [0, 0.05) is 18.9 Å². The van der Waals surface area contributed by atoms with Crippen molar-refractivity contribution in [2.24, 2.45) is 0 Å². The van der Waals surface area contributed by atoms with Crippen LogP contribution < -0.4 is 10.1 Å². The highest BCUT2D eigenvalue weighted by Gasteiger charge is 2.08. The third-order valence-electron chi connectivity index (χ3n) is 3.09. The molecule has 0 aliphatic heterocycles. The molecule has 1 N–H and O–H groups in total. The molecule has 0 atom stereocenters. The highest BCUT2D eigenvalue weighted by Crippen LogP contribution is 2.22. The molecule has 0 fully saturated rings. The zero-order valence-electron chi connectivity index (χ0n) is 11.9. The number of nitrogens with zero attached hydrogens (tertiary/aromatic N) is 4. The average molecular weight is 316 g/mol. The smallest absolute Gasteiger partial charge is 0.318 e. The van der Waals surface area contributed by atoms with Gasteiger partial charge >= 0.3 is 6.01 Å². The lowest BCUT2D eigenvalue weighted by molar-refractivity contribution is 0.380. The number of para-hydroxylation sites is 1. The molecule has 2 heterocycles. The van der Waals surface area contributed by atoms with E-state index in [9.17, 15) is 0 Å². The summed E-state index contributed by atoms with van der Waals surface area (Å²) < 4.78 is 6.83. The van der Waals surface area contributed by atoms with Crippen LogP contribution in [-0.2, 0) is 6.54 Å². The van der Waals surface area contributed by atoms with E-state index in [1.54, 1.807) is 6.20 Å². The molecule has 0 saturated carbocycles. The summed E-state index contributed by atoms with van der Waals surface area (Å²) in [6.45, 7) is 0.552. The number of rotatable bonds is 5. The van der Waals surface area contributed by atoms with E-state index in [0.717, 1.165) is 11.3 Å². The second-order valence-electron chi connectivity index (χ2n) is 4.49. The Morgan fingerprint density at radius 1 is 1.27 bits per heavy atom. The van der Waals surface area contributed by atoms with Gasteiger partial charge in [-0.15, -0.1) is 0 Å². The minimum Gasteiger partial charge on any atom is -0.467 e. The van der Waals surface area contributed by atoms with E-state index >= 15 is 0 Å². The van der Waals surface area contributed by atoms with Crippen molar-refractivity contribution in [2.75, 3.05) is 12.4 Å². The van der Waals surface area contributed by atoms with Gasteiger partial charge in [0.25, 0.3) is 0 Å². The van der Waals surface area contributed by atoms with Gasteiger partial charge in [0.1, 0.15) is 5.02 Å². The number of hydrogen-bond donors (Lipinski definition) is 1. The van der Waals surface area contributed by atoms with Crippen LogP contribution in [-0.4, -0.2) is 26.9 Å². The molecule has 0 aliphatic rings. The topological polar surface area (TPSA) is 64.9 Å². The summed E-state index contributed by atoms with van der Waals surface area (Å²) in [5.74, 6) is 0.531. The number of ether oxygens (including phenoxy) is 1. The molecule has 0 radical (unpaired) electrons. The summed E-state index contributed by atoms with van der Waals surface area (Å²) in [4.78, 5) is 8.15. The highest BCUT2D eigenvalue weighted by atomic mass is 35.5. The van der Waals surface area contributed by atoms with Crippen LogP contribution in [0.3, 0.4) is 0 Å². The van der Waals surface area contributed by atoms with Crippen LogP contribution in [0.1, 0.15) is 5.56 Å². The number of hydrogen-bond acceptors (Lipinski definition) is 5. The molecule has 0 bridgehead atoms. The van der Waals surface area contributed by atoms with E-state index in [0.29, 0.717) is 17.4 Å². The molecule has 2 aromatic heterocycles. The van der Waals surface area contributed by atoms with Gasteiger partial charge in [0.15, 0.2) is 5.82 Å². The Morgan fingerprint density at radius 2 is 2.14 bits per heavy atom. The number of halogens is 1. The standard InChI is InChI=1S/C15H14ClN5O/c1-22-15-18-10-12(16)14(20-15)17-9-11-5-2-3-6-13(11)21-8-4-7-19-21/h2-8,10H,9H2,1H3,(H,17,18,20). The molecule has 7 heteroatoms. The van der Waals surface area contributed by atoms with Gasteiger partial charge in [0.2, 0.25) is 0 Å². The van der Waals surface area contributed by atoms with Crippen LogP contribution in [0.4, 0.5) is 5.82 Å². The van der Waals surface area contributed by atoms with Gasteiger partial charge in [-0.3, -0.25) is 0 Å². The maximum absolute atomic E-state index is 6.10. The first-order valence-corrected chi connectivity index (χ1v) is 7.04. The second-order valence-corrected chi connectivity index (χ2v) is 4.89. The summed E-state index contributed by atoms with van der Waals surface area (Å²) in [5, 5.41) is 7.91. The van der Waals surface area contributed by atoms with Gasteiger partial charge in [-0.25, -0.2) is 9.67 Å². The van der Waals surface area contributed by atoms with E-state index in [1.165, 1.54) is 13.3 Å². The van der Waals surface area contributed by atoms with Crippen molar-refractivity contribution in [3.8, 4) is 11.7 Å². The highest BCUT2D eigenvalue weighted by molar-refractivity contribution is 6.32. The first kappa shape index (κ1) is 14.3. The molecule has 3 rings (SSSR count). The van der Waals surface area contributed by atoms with Crippen molar-refractivity contribution < 1.29 is 4.74 Å². The van der Waals surface area contributed by atoms with Gasteiger partial charge < -0.3 is 10.1 Å². The van der Waals surface area contributed by atoms with Crippen molar-refractivity contribution in [3.05, 3.63) is 59.5 Å². The third-order valence-corrected chi connectivity index (χ3v) is 3.37. The van der Waals surface area contributed by atoms with Crippen molar-refractivity contribution in [2.45, 2.75) is 6.54 Å². The Balaban J connectivity index is 1.83. The van der Waals surface area contributed by atoms with E-state index in [-0.39, 0.29) is 6.01 Å². The molecule has 1 aromatic carbocycles. The zero-order valence-corrected chi connectivity index (χ0v) is 12.7. The Morgan fingerprint density at radius 3 is 2.91 bits per heavy atom. The van der Waals surface area contributed by atoms with E-state index in [1.807, 2.05) is 41.2 Å². The fourth-order valence-corrected chi connectivity index (χ4v) is 2.21. The lowest BCUT2D eigenvalue weighted by Crippen LogP contribution is -2.07. The monoisotopic (exact) mass is 315 g/mol. The van der Waals surface area contributed by atoms with Gasteiger partial charge in [-0.2, -0.15) is 10.1 Å². The first-order valence-electron chi connectivity index (χ1n) is 6.66. The van der Waals surface area contributed by atoms with E-state index < -0.39 is 0 Å². The van der Waals surface area contributed by atoms with Crippen molar-refractivity contribution in [1.29, 1.82) is 0 Å². The maximum atomic E-state index is 6.10. The number of methoxy groups -OCH3 is 1. The predicted octanol–water partition coefficient (Wildman–Crippen LogP) is 2.94. The molecule has 0 aliphatic carbocycles. The molecule has 22 heavy (non-hydrogen) atoms. The molecular formula is C15H14ClN5O. The van der Waals surface area contributed by atoms with Crippen molar-refractivity contribution in [3.63, 3.8) is 0 Å². The van der Waals surface area contributed by atoms with E-state index in [2.05, 4.69) is 20.4 Å². The Bertz CT molecular complexity index is 760. The average Bonchev–Trinajstić information content (AvgIpc) is 3.09. The van der Waals surface area contributed by atoms with Crippen LogP contribution in [0.5, 0.6) is 6.01 Å². The second kappa shape index (κ2) is 6.44. The first-order chi connectivity index (χ1) is 10.8. The Labute approximate surface area is 132 Å². The molecule has 0 amide bonds. The lowest BCUT2D eigenvalue weighted by atomic mass is 10.2. The summed E-state index contributed by atoms with van der Waals surface area (Å²) in [5.41, 5.74) is 2.07. The van der Waals surface area contributed by atoms with Crippen molar-refractivity contribution in [1.82, 2.24) is 19.7 Å². The fraction of sp³-hybridized carbons (Fsp3) is 0.133. The lowest BCUT2D eigenvalue weighted by Gasteiger charge is -2.12. The normalized spacial score (nSPS) is 10.5. The van der Waals surface area contributed by atoms with Gasteiger partial charge in [0.05, 0.1) is 19.0 Å². The maximum Gasteiger partial charge on any atom is 0.318 e. The summed E-state index contributed by atoms with van der Waals surface area (Å²) in [6, 6.07) is 10.1. The SMILES string of the molecule is COc1ncc(Cl)c(NCc2ccccc2-n2cccn2)n1. The van der Waals surface area contributed by atoms with Crippen LogP contribution in [0, 0.1) is 0 Å². The van der Waals surface area contributed by atoms with Crippen LogP contribution in [0.2, 0.25) is 5.02 Å². The minimum atomic E-state index is 0.271. The molecule has 3 aromatic rings. The van der Waals surface area contributed by atoms with Gasteiger partial charge in [-0.1, -0.05) is 29.8 Å². The molecule has 0 spiro atoms. The summed E-state index contributed by atoms with van der Waals surface area (Å²) >= 11 is 6.10. The largest absolute Gasteiger partial charge is 0.467 e. The van der Waals surface area contributed by atoms with Crippen LogP contribution in [0.15, 0.2) is 48.9 Å². The number of anilines is 1. The number of aromatic nitrogens is 4. The predicted molar refractivity (Wildman–Crippen MR) is 84.5 cm³/mol. The Kier molecular flexibility index (Phi) is 4.20. The van der Waals surface area contributed by atoms with Crippen molar-refractivity contribution >= 4 is 17.4 Å². The molecule has 0 unspecified atom stereocenters. The summed E-state index contributed by atoms with van der Waals surface area (Å²) in [7, 11) is 1.51. The Hall–Kier alpha value is -2.60.